The van der Waals surface area contributed by atoms with Gasteiger partial charge in [-0.2, -0.15) is 5.26 Å². The Hall–Kier alpha value is -1.78. The molecule has 0 saturated carbocycles. The molecule has 4 atom stereocenters. The Bertz CT molecular complexity index is 625. The van der Waals surface area contributed by atoms with Gasteiger partial charge in [0.2, 0.25) is 5.88 Å². The Morgan fingerprint density at radius 1 is 1.36 bits per heavy atom. The van der Waals surface area contributed by atoms with Crippen LogP contribution in [0.5, 0.6) is 0 Å². The first kappa shape index (κ1) is 15.1. The molecule has 1 fully saturated rings. The van der Waals surface area contributed by atoms with Gasteiger partial charge in [0.15, 0.2) is 6.23 Å². The molecule has 1 aromatic rings. The maximum atomic E-state index is 9.52. The zero-order valence-electron chi connectivity index (χ0n) is 12.0. The normalized spacial score (nSPS) is 30.6. The van der Waals surface area contributed by atoms with Crippen molar-refractivity contribution in [2.24, 2.45) is 11.7 Å². The summed E-state index contributed by atoms with van der Waals surface area (Å²) in [7, 11) is 1.64. The highest BCUT2D eigenvalue weighted by Gasteiger charge is 2.48. The number of fused-ring (bicyclic) bond motifs is 1. The number of methoxy groups -OCH3 is 1. The number of hydrogen-bond acceptors (Lipinski definition) is 6. The van der Waals surface area contributed by atoms with Gasteiger partial charge >= 0.3 is 0 Å². The Morgan fingerprint density at radius 3 is 2.73 bits per heavy atom. The average Bonchev–Trinajstić information content (AvgIpc) is 2.90. The van der Waals surface area contributed by atoms with Crippen molar-refractivity contribution in [2.45, 2.75) is 18.2 Å². The molecule has 0 amide bonds. The third kappa shape index (κ3) is 2.53. The summed E-state index contributed by atoms with van der Waals surface area (Å²) in [4.78, 5) is 0. The largest absolute Gasteiger partial charge is 0.458 e. The van der Waals surface area contributed by atoms with Crippen LogP contribution in [0.2, 0.25) is 5.02 Å². The number of hydrogen-bond donors (Lipinski definition) is 3. The lowest BCUT2D eigenvalue weighted by molar-refractivity contribution is 0.0279. The van der Waals surface area contributed by atoms with Crippen LogP contribution in [0.25, 0.3) is 0 Å². The number of nitrogens with two attached hydrogens (primary N) is 1. The average molecular weight is 321 g/mol. The predicted molar refractivity (Wildman–Crippen MR) is 81.3 cm³/mol. The van der Waals surface area contributed by atoms with E-state index >= 15 is 0 Å². The molecule has 4 N–H and O–H groups in total. The molecule has 6 nitrogen and oxygen atoms in total. The Balaban J connectivity index is 2.05. The van der Waals surface area contributed by atoms with Gasteiger partial charge < -0.3 is 15.2 Å². The topological polar surface area (TPSA) is 92.3 Å². The van der Waals surface area contributed by atoms with Crippen LogP contribution < -0.4 is 16.6 Å². The van der Waals surface area contributed by atoms with E-state index in [0.717, 1.165) is 5.56 Å². The van der Waals surface area contributed by atoms with Crippen LogP contribution in [-0.4, -0.2) is 26.0 Å². The fourth-order valence-corrected chi connectivity index (χ4v) is 3.30. The molecule has 0 spiro atoms. The van der Waals surface area contributed by atoms with Crippen LogP contribution in [0.4, 0.5) is 0 Å². The molecule has 0 aliphatic carbocycles. The van der Waals surface area contributed by atoms with Gasteiger partial charge in [-0.1, -0.05) is 23.7 Å². The zero-order valence-corrected chi connectivity index (χ0v) is 12.8. The lowest BCUT2D eigenvalue weighted by Gasteiger charge is -2.35. The fourth-order valence-electron chi connectivity index (χ4n) is 3.17. The number of nitrogens with one attached hydrogen (secondary N) is 2. The highest BCUT2D eigenvalue weighted by Crippen LogP contribution is 2.42. The smallest absolute Gasteiger partial charge is 0.200 e. The van der Waals surface area contributed by atoms with Gasteiger partial charge in [0.1, 0.15) is 6.07 Å². The van der Waals surface area contributed by atoms with Crippen molar-refractivity contribution in [3.8, 4) is 6.07 Å². The van der Waals surface area contributed by atoms with Gasteiger partial charge in [0, 0.05) is 24.0 Å². The van der Waals surface area contributed by atoms with Crippen LogP contribution in [0.15, 0.2) is 35.7 Å². The van der Waals surface area contributed by atoms with Gasteiger partial charge in [-0.15, -0.1) is 0 Å². The first-order valence-electron chi connectivity index (χ1n) is 6.97. The van der Waals surface area contributed by atoms with Crippen molar-refractivity contribution < 1.29 is 9.47 Å². The lowest BCUT2D eigenvalue weighted by Crippen LogP contribution is -2.42. The van der Waals surface area contributed by atoms with Gasteiger partial charge in [-0.05, 0) is 17.7 Å². The first-order chi connectivity index (χ1) is 10.7. The maximum absolute atomic E-state index is 9.52. The number of halogens is 1. The molecule has 2 aliphatic heterocycles. The van der Waals surface area contributed by atoms with E-state index in [4.69, 9.17) is 26.8 Å². The number of hydrazine groups is 1. The molecular formula is C15H17ClN4O2. The molecular weight excluding hydrogens is 304 g/mol. The number of allylic oxidation sites excluding steroid dienone is 1. The molecule has 7 heteroatoms. The summed E-state index contributed by atoms with van der Waals surface area (Å²) >= 11 is 5.97. The maximum Gasteiger partial charge on any atom is 0.200 e. The standard InChI is InChI=1S/C15H17ClN4O2/c1-21-7-11-13-12(8-2-4-9(16)5-3-8)10(6-17)14(18)22-15(13)20-19-11/h2-5,11-13,15,19-20H,7,18H2,1H3. The monoisotopic (exact) mass is 320 g/mol. The van der Waals surface area contributed by atoms with E-state index in [1.165, 1.54) is 0 Å². The van der Waals surface area contributed by atoms with Crippen molar-refractivity contribution >= 4 is 11.6 Å². The molecule has 3 rings (SSSR count). The lowest BCUT2D eigenvalue weighted by atomic mass is 9.76. The Morgan fingerprint density at radius 2 is 2.09 bits per heavy atom. The van der Waals surface area contributed by atoms with Crippen LogP contribution in [0.3, 0.4) is 0 Å². The molecule has 0 bridgehead atoms. The summed E-state index contributed by atoms with van der Waals surface area (Å²) in [5.74, 6) is -0.0252. The minimum Gasteiger partial charge on any atom is -0.458 e. The summed E-state index contributed by atoms with van der Waals surface area (Å²) < 4.78 is 10.9. The zero-order chi connectivity index (χ0) is 15.7. The van der Waals surface area contributed by atoms with E-state index in [2.05, 4.69) is 16.9 Å². The van der Waals surface area contributed by atoms with E-state index in [-0.39, 0.29) is 30.0 Å². The molecule has 0 aromatic heterocycles. The quantitative estimate of drug-likeness (QED) is 0.775. The number of nitrogens with zero attached hydrogens (tertiary/aromatic N) is 1. The van der Waals surface area contributed by atoms with Crippen molar-refractivity contribution in [3.05, 3.63) is 46.3 Å². The molecule has 1 saturated heterocycles. The summed E-state index contributed by atoms with van der Waals surface area (Å²) in [6.07, 6.45) is -0.307. The summed E-state index contributed by atoms with van der Waals surface area (Å²) in [5.41, 5.74) is 13.6. The van der Waals surface area contributed by atoms with E-state index in [9.17, 15) is 5.26 Å². The van der Waals surface area contributed by atoms with Crippen molar-refractivity contribution in [1.82, 2.24) is 10.9 Å². The van der Waals surface area contributed by atoms with E-state index < -0.39 is 0 Å². The molecule has 1 aromatic carbocycles. The summed E-state index contributed by atoms with van der Waals surface area (Å²) in [5, 5.41) is 10.2. The number of nitriles is 1. The Labute approximate surface area is 133 Å². The van der Waals surface area contributed by atoms with Crippen LogP contribution >= 0.6 is 11.6 Å². The highest BCUT2D eigenvalue weighted by molar-refractivity contribution is 6.30. The van der Waals surface area contributed by atoms with E-state index in [1.807, 2.05) is 24.3 Å². The number of benzene rings is 1. The van der Waals surface area contributed by atoms with E-state index in [1.54, 1.807) is 7.11 Å². The third-order valence-corrected chi connectivity index (χ3v) is 4.39. The highest BCUT2D eigenvalue weighted by atomic mass is 35.5. The van der Waals surface area contributed by atoms with Crippen molar-refractivity contribution in [1.29, 1.82) is 5.26 Å². The predicted octanol–water partition coefficient (Wildman–Crippen LogP) is 1.21. The Kier molecular flexibility index (Phi) is 4.23. The molecule has 116 valence electrons. The number of rotatable bonds is 3. The summed E-state index contributed by atoms with van der Waals surface area (Å²) in [6, 6.07) is 9.66. The van der Waals surface area contributed by atoms with Crippen molar-refractivity contribution in [3.63, 3.8) is 0 Å². The molecule has 2 aliphatic rings. The second kappa shape index (κ2) is 6.15. The fraction of sp³-hybridized carbons (Fsp3) is 0.400. The van der Waals surface area contributed by atoms with E-state index in [0.29, 0.717) is 17.2 Å². The van der Waals surface area contributed by atoms with Gasteiger partial charge in [0.25, 0.3) is 0 Å². The first-order valence-corrected chi connectivity index (χ1v) is 7.35. The molecule has 2 heterocycles. The molecule has 4 unspecified atom stereocenters. The van der Waals surface area contributed by atoms with Crippen LogP contribution in [0.1, 0.15) is 11.5 Å². The van der Waals surface area contributed by atoms with Gasteiger partial charge in [0.05, 0.1) is 18.2 Å². The number of ether oxygens (including phenoxy) is 2. The summed E-state index contributed by atoms with van der Waals surface area (Å²) in [6.45, 7) is 0.500. The minimum atomic E-state index is -0.307. The molecule has 0 radical (unpaired) electrons. The van der Waals surface area contributed by atoms with Gasteiger partial charge in [-0.3, -0.25) is 0 Å². The van der Waals surface area contributed by atoms with Gasteiger partial charge in [-0.25, -0.2) is 10.9 Å². The second-order valence-electron chi connectivity index (χ2n) is 5.39. The minimum absolute atomic E-state index is 0.00660. The third-order valence-electron chi connectivity index (χ3n) is 4.14. The van der Waals surface area contributed by atoms with Crippen LogP contribution in [0, 0.1) is 17.2 Å². The van der Waals surface area contributed by atoms with Crippen molar-refractivity contribution in [2.75, 3.05) is 13.7 Å². The molecule has 22 heavy (non-hydrogen) atoms. The second-order valence-corrected chi connectivity index (χ2v) is 5.82. The SMILES string of the molecule is COCC1NNC2OC(N)=C(C#N)C(c3ccc(Cl)cc3)C12. The van der Waals surface area contributed by atoms with Crippen LogP contribution in [-0.2, 0) is 9.47 Å².